The monoisotopic (exact) mass is 171 g/mol. The lowest BCUT2D eigenvalue weighted by atomic mass is 10.3. The highest BCUT2D eigenvalue weighted by atomic mass is 16.5. The van der Waals surface area contributed by atoms with Crippen LogP contribution in [0.3, 0.4) is 0 Å². The van der Waals surface area contributed by atoms with Crippen molar-refractivity contribution in [1.82, 2.24) is 5.32 Å². The summed E-state index contributed by atoms with van der Waals surface area (Å²) in [6.07, 6.45) is 4.32. The molecular weight excluding hydrogens is 150 g/mol. The van der Waals surface area contributed by atoms with E-state index in [2.05, 4.69) is 25.7 Å². The zero-order valence-electron chi connectivity index (χ0n) is 8.31. The molecule has 0 rings (SSSR count). The summed E-state index contributed by atoms with van der Waals surface area (Å²) in [5, 5.41) is 3.31. The van der Waals surface area contributed by atoms with E-state index in [0.717, 1.165) is 26.1 Å². The molecule has 0 radical (unpaired) electrons. The van der Waals surface area contributed by atoms with Crippen molar-refractivity contribution in [3.63, 3.8) is 0 Å². The van der Waals surface area contributed by atoms with Crippen molar-refractivity contribution in [2.24, 2.45) is 0 Å². The molecule has 1 unspecified atom stereocenters. The van der Waals surface area contributed by atoms with Crippen LogP contribution < -0.4 is 5.32 Å². The molecular formula is C10H21NO. The normalized spacial score (nSPS) is 12.8. The maximum Gasteiger partial charge on any atom is 0.0671 e. The van der Waals surface area contributed by atoms with E-state index in [1.54, 1.807) is 0 Å². The van der Waals surface area contributed by atoms with Gasteiger partial charge < -0.3 is 10.1 Å². The van der Waals surface area contributed by atoms with Crippen LogP contribution in [0.15, 0.2) is 12.7 Å². The number of rotatable bonds is 8. The molecule has 0 aliphatic rings. The lowest BCUT2D eigenvalue weighted by Gasteiger charge is -2.12. The first-order valence-corrected chi connectivity index (χ1v) is 4.74. The Morgan fingerprint density at radius 1 is 1.58 bits per heavy atom. The Bertz CT molecular complexity index is 104. The maximum atomic E-state index is 5.50. The van der Waals surface area contributed by atoms with Crippen molar-refractivity contribution in [3.8, 4) is 0 Å². The molecule has 72 valence electrons. The molecule has 0 saturated carbocycles. The molecule has 0 amide bonds. The second-order valence-electron chi connectivity index (χ2n) is 2.96. The van der Waals surface area contributed by atoms with Gasteiger partial charge in [0.25, 0.3) is 0 Å². The first-order chi connectivity index (χ1) is 5.81. The van der Waals surface area contributed by atoms with Crippen molar-refractivity contribution < 1.29 is 4.74 Å². The summed E-state index contributed by atoms with van der Waals surface area (Å²) in [7, 11) is 0. The van der Waals surface area contributed by atoms with Crippen molar-refractivity contribution in [1.29, 1.82) is 0 Å². The molecule has 2 heteroatoms. The fourth-order valence-corrected chi connectivity index (χ4v) is 0.894. The van der Waals surface area contributed by atoms with E-state index >= 15 is 0 Å². The Labute approximate surface area is 76.0 Å². The third kappa shape index (κ3) is 7.76. The smallest absolute Gasteiger partial charge is 0.0671 e. The van der Waals surface area contributed by atoms with Gasteiger partial charge in [0, 0.05) is 6.54 Å². The molecule has 0 aromatic heterocycles. The number of hydrogen-bond donors (Lipinski definition) is 1. The lowest BCUT2D eigenvalue weighted by Crippen LogP contribution is -2.27. The predicted molar refractivity (Wildman–Crippen MR) is 53.4 cm³/mol. The van der Waals surface area contributed by atoms with Crippen LogP contribution in [0.4, 0.5) is 0 Å². The molecule has 0 aliphatic carbocycles. The molecule has 0 aromatic carbocycles. The molecule has 0 fully saturated rings. The van der Waals surface area contributed by atoms with Crippen molar-refractivity contribution in [2.75, 3.05) is 19.7 Å². The third-order valence-corrected chi connectivity index (χ3v) is 1.58. The Morgan fingerprint density at radius 2 is 2.33 bits per heavy atom. The van der Waals surface area contributed by atoms with E-state index in [0.29, 0.717) is 6.10 Å². The van der Waals surface area contributed by atoms with Crippen LogP contribution >= 0.6 is 0 Å². The van der Waals surface area contributed by atoms with Gasteiger partial charge in [0.15, 0.2) is 0 Å². The topological polar surface area (TPSA) is 21.3 Å². The maximum absolute atomic E-state index is 5.50. The third-order valence-electron chi connectivity index (χ3n) is 1.58. The Kier molecular flexibility index (Phi) is 8.51. The molecule has 0 heterocycles. The van der Waals surface area contributed by atoms with Crippen molar-refractivity contribution >= 4 is 0 Å². The zero-order chi connectivity index (χ0) is 9.23. The van der Waals surface area contributed by atoms with E-state index in [-0.39, 0.29) is 0 Å². The van der Waals surface area contributed by atoms with E-state index in [4.69, 9.17) is 4.74 Å². The van der Waals surface area contributed by atoms with Gasteiger partial charge in [0.1, 0.15) is 0 Å². The fourth-order valence-electron chi connectivity index (χ4n) is 0.894. The lowest BCUT2D eigenvalue weighted by molar-refractivity contribution is 0.0695. The summed E-state index contributed by atoms with van der Waals surface area (Å²) < 4.78 is 5.50. The Hall–Kier alpha value is -0.340. The van der Waals surface area contributed by atoms with Gasteiger partial charge in [-0.3, -0.25) is 0 Å². The summed E-state index contributed by atoms with van der Waals surface area (Å²) in [6, 6.07) is 0. The summed E-state index contributed by atoms with van der Waals surface area (Å²) in [5.41, 5.74) is 0. The van der Waals surface area contributed by atoms with Crippen LogP contribution in [0.25, 0.3) is 0 Å². The van der Waals surface area contributed by atoms with E-state index in [9.17, 15) is 0 Å². The Balaban J connectivity index is 3.09. The highest BCUT2D eigenvalue weighted by Gasteiger charge is 1.98. The van der Waals surface area contributed by atoms with Gasteiger partial charge in [-0.1, -0.05) is 13.0 Å². The molecule has 12 heavy (non-hydrogen) atoms. The standard InChI is InChI=1S/C10H21NO/c1-4-6-8-12-10(3)9-11-7-5-2/h4,10-11H,1,5-9H2,2-3H3. The number of hydrogen-bond acceptors (Lipinski definition) is 2. The average Bonchev–Trinajstić information content (AvgIpc) is 2.06. The minimum Gasteiger partial charge on any atom is -0.377 e. The summed E-state index contributed by atoms with van der Waals surface area (Å²) >= 11 is 0. The molecule has 2 nitrogen and oxygen atoms in total. The largest absolute Gasteiger partial charge is 0.377 e. The molecule has 0 saturated heterocycles. The molecule has 0 bridgehead atoms. The molecule has 0 aromatic rings. The van der Waals surface area contributed by atoms with Gasteiger partial charge in [0.05, 0.1) is 12.7 Å². The SMILES string of the molecule is C=CCCOC(C)CNCCC. The fraction of sp³-hybridized carbons (Fsp3) is 0.800. The van der Waals surface area contributed by atoms with Crippen LogP contribution in [0.5, 0.6) is 0 Å². The van der Waals surface area contributed by atoms with Gasteiger partial charge in [-0.2, -0.15) is 0 Å². The summed E-state index contributed by atoms with van der Waals surface area (Å²) in [4.78, 5) is 0. The quantitative estimate of drug-likeness (QED) is 0.445. The van der Waals surface area contributed by atoms with Gasteiger partial charge in [0.2, 0.25) is 0 Å². The van der Waals surface area contributed by atoms with Gasteiger partial charge >= 0.3 is 0 Å². The predicted octanol–water partition coefficient (Wildman–Crippen LogP) is 1.97. The Morgan fingerprint density at radius 3 is 2.92 bits per heavy atom. The molecule has 0 aliphatic heterocycles. The summed E-state index contributed by atoms with van der Waals surface area (Å²) in [6.45, 7) is 10.7. The molecule has 1 N–H and O–H groups in total. The van der Waals surface area contributed by atoms with Crippen molar-refractivity contribution in [2.45, 2.75) is 32.8 Å². The highest BCUT2D eigenvalue weighted by molar-refractivity contribution is 4.65. The minimum absolute atomic E-state index is 0.316. The van der Waals surface area contributed by atoms with Gasteiger partial charge in [-0.25, -0.2) is 0 Å². The number of nitrogens with one attached hydrogen (secondary N) is 1. The van der Waals surface area contributed by atoms with E-state index < -0.39 is 0 Å². The van der Waals surface area contributed by atoms with Crippen molar-refractivity contribution in [3.05, 3.63) is 12.7 Å². The molecule has 1 atom stereocenters. The average molecular weight is 171 g/mol. The second-order valence-corrected chi connectivity index (χ2v) is 2.96. The molecule has 0 spiro atoms. The van der Waals surface area contributed by atoms with Crippen LogP contribution in [-0.2, 0) is 4.74 Å². The second kappa shape index (κ2) is 8.75. The van der Waals surface area contributed by atoms with Gasteiger partial charge in [-0.15, -0.1) is 6.58 Å². The van der Waals surface area contributed by atoms with Crippen LogP contribution in [0.1, 0.15) is 26.7 Å². The minimum atomic E-state index is 0.316. The zero-order valence-corrected chi connectivity index (χ0v) is 8.31. The first-order valence-electron chi connectivity index (χ1n) is 4.74. The van der Waals surface area contributed by atoms with E-state index in [1.165, 1.54) is 6.42 Å². The van der Waals surface area contributed by atoms with Crippen LogP contribution in [0.2, 0.25) is 0 Å². The first kappa shape index (κ1) is 11.7. The van der Waals surface area contributed by atoms with E-state index in [1.807, 2.05) is 6.08 Å². The van der Waals surface area contributed by atoms with Crippen LogP contribution in [0, 0.1) is 0 Å². The summed E-state index contributed by atoms with van der Waals surface area (Å²) in [5.74, 6) is 0. The number of ether oxygens (including phenoxy) is 1. The van der Waals surface area contributed by atoms with Gasteiger partial charge in [-0.05, 0) is 26.3 Å². The highest BCUT2D eigenvalue weighted by Crippen LogP contribution is 1.91. The van der Waals surface area contributed by atoms with Crippen LogP contribution in [-0.4, -0.2) is 25.8 Å².